The van der Waals surface area contributed by atoms with Crippen LogP contribution in [0.1, 0.15) is 5.69 Å². The minimum absolute atomic E-state index is 0.295. The van der Waals surface area contributed by atoms with E-state index in [0.717, 1.165) is 0 Å². The molecule has 0 spiro atoms. The lowest BCUT2D eigenvalue weighted by Gasteiger charge is -2.12. The fourth-order valence-corrected chi connectivity index (χ4v) is 0.729. The largest absolute Gasteiger partial charge is 0.573 e. The van der Waals surface area contributed by atoms with E-state index in [1.165, 1.54) is 0 Å². The third-order valence-electron chi connectivity index (χ3n) is 1.17. The van der Waals surface area contributed by atoms with Crippen molar-refractivity contribution in [2.75, 3.05) is 0 Å². The molecule has 1 aromatic rings. The summed E-state index contributed by atoms with van der Waals surface area (Å²) in [5.41, 5.74) is -1.77. The number of alkyl halides is 6. The summed E-state index contributed by atoms with van der Waals surface area (Å²) in [5.74, 6) is -1.47. The number of hydrogen-bond acceptors (Lipinski definition) is 3. The Morgan fingerprint density at radius 2 is 1.67 bits per heavy atom. The molecule has 0 radical (unpaired) electrons. The van der Waals surface area contributed by atoms with Crippen molar-refractivity contribution < 1.29 is 31.1 Å². The van der Waals surface area contributed by atoms with Crippen LogP contribution in [-0.2, 0) is 6.18 Å². The molecule has 84 valence electrons. The van der Waals surface area contributed by atoms with E-state index in [1.54, 1.807) is 0 Å². The van der Waals surface area contributed by atoms with Gasteiger partial charge in [-0.15, -0.1) is 13.2 Å². The summed E-state index contributed by atoms with van der Waals surface area (Å²) >= 11 is 0. The lowest BCUT2D eigenvalue weighted by molar-refractivity contribution is -0.276. The van der Waals surface area contributed by atoms with E-state index in [0.29, 0.717) is 12.5 Å². The Bertz CT molecular complexity index is 346. The molecule has 3 nitrogen and oxygen atoms in total. The third kappa shape index (κ3) is 3.26. The first-order chi connectivity index (χ1) is 6.70. The van der Waals surface area contributed by atoms with Crippen LogP contribution in [0.3, 0.4) is 0 Å². The lowest BCUT2D eigenvalue weighted by atomic mass is 10.4. The Labute approximate surface area is 78.7 Å². The average molecular weight is 232 g/mol. The predicted molar refractivity (Wildman–Crippen MR) is 33.7 cm³/mol. The molecule has 0 saturated carbocycles. The normalized spacial score (nSPS) is 12.7. The lowest BCUT2D eigenvalue weighted by Crippen LogP contribution is -2.21. The van der Waals surface area contributed by atoms with Crippen molar-refractivity contribution >= 4 is 0 Å². The van der Waals surface area contributed by atoms with Gasteiger partial charge in [0.15, 0.2) is 11.4 Å². The maximum absolute atomic E-state index is 12.1. The molecule has 0 bridgehead atoms. The third-order valence-corrected chi connectivity index (χ3v) is 1.17. The maximum atomic E-state index is 12.1. The second kappa shape index (κ2) is 3.55. The SMILES string of the molecule is FC(F)(F)Oc1cncnc1C(F)(F)F. The summed E-state index contributed by atoms with van der Waals surface area (Å²) in [4.78, 5) is 5.68. The molecular weight excluding hydrogens is 230 g/mol. The molecular formula is C6H2F6N2O. The molecule has 9 heteroatoms. The minimum atomic E-state index is -5.22. The van der Waals surface area contributed by atoms with Gasteiger partial charge in [-0.1, -0.05) is 0 Å². The van der Waals surface area contributed by atoms with Gasteiger partial charge in [0.1, 0.15) is 6.33 Å². The van der Waals surface area contributed by atoms with E-state index in [2.05, 4.69) is 14.7 Å². The van der Waals surface area contributed by atoms with Crippen molar-refractivity contribution in [1.82, 2.24) is 9.97 Å². The van der Waals surface area contributed by atoms with Gasteiger partial charge >= 0.3 is 12.5 Å². The molecule has 15 heavy (non-hydrogen) atoms. The molecule has 0 atom stereocenters. The van der Waals surface area contributed by atoms with Crippen molar-refractivity contribution in [3.63, 3.8) is 0 Å². The second-order valence-corrected chi connectivity index (χ2v) is 2.28. The zero-order valence-electron chi connectivity index (χ0n) is 6.73. The van der Waals surface area contributed by atoms with Crippen LogP contribution in [0, 0.1) is 0 Å². The topological polar surface area (TPSA) is 35.0 Å². The van der Waals surface area contributed by atoms with Crippen LogP contribution in [-0.4, -0.2) is 16.3 Å². The molecule has 0 aliphatic rings. The highest BCUT2D eigenvalue weighted by atomic mass is 19.4. The highest BCUT2D eigenvalue weighted by Gasteiger charge is 2.40. The smallest absolute Gasteiger partial charge is 0.402 e. The molecule has 0 saturated heterocycles. The van der Waals surface area contributed by atoms with Crippen LogP contribution in [0.5, 0.6) is 5.75 Å². The summed E-state index contributed by atoms with van der Waals surface area (Å²) in [7, 11) is 0. The molecule has 0 aliphatic carbocycles. The molecule has 0 amide bonds. The monoisotopic (exact) mass is 232 g/mol. The van der Waals surface area contributed by atoms with Gasteiger partial charge in [0.25, 0.3) is 0 Å². The number of rotatable bonds is 1. The van der Waals surface area contributed by atoms with Crippen LogP contribution >= 0.6 is 0 Å². The molecule has 0 fully saturated rings. The van der Waals surface area contributed by atoms with E-state index in [4.69, 9.17) is 0 Å². The van der Waals surface area contributed by atoms with Crippen LogP contribution in [0.2, 0.25) is 0 Å². The zero-order chi connectivity index (χ0) is 11.7. The number of nitrogens with zero attached hydrogens (tertiary/aromatic N) is 2. The van der Waals surface area contributed by atoms with E-state index in [-0.39, 0.29) is 0 Å². The van der Waals surface area contributed by atoms with Gasteiger partial charge in [-0.05, 0) is 0 Å². The first-order valence-electron chi connectivity index (χ1n) is 3.33. The van der Waals surface area contributed by atoms with Gasteiger partial charge in [0.2, 0.25) is 0 Å². The van der Waals surface area contributed by atoms with Crippen molar-refractivity contribution in [3.8, 4) is 5.75 Å². The van der Waals surface area contributed by atoms with Crippen LogP contribution in [0.4, 0.5) is 26.3 Å². The van der Waals surface area contributed by atoms with Gasteiger partial charge in [-0.25, -0.2) is 9.97 Å². The van der Waals surface area contributed by atoms with Gasteiger partial charge < -0.3 is 4.74 Å². The van der Waals surface area contributed by atoms with Crippen molar-refractivity contribution in [1.29, 1.82) is 0 Å². The number of halogens is 6. The first kappa shape index (κ1) is 11.5. The Kier molecular flexibility index (Phi) is 2.73. The summed E-state index contributed by atoms with van der Waals surface area (Å²) in [6, 6.07) is 0. The molecule has 0 N–H and O–H groups in total. The van der Waals surface area contributed by atoms with E-state index < -0.39 is 24.0 Å². The Morgan fingerprint density at radius 1 is 1.07 bits per heavy atom. The minimum Gasteiger partial charge on any atom is -0.402 e. The molecule has 1 rings (SSSR count). The molecule has 0 aliphatic heterocycles. The Balaban J connectivity index is 3.08. The summed E-state index contributed by atoms with van der Waals surface area (Å²) in [5, 5.41) is 0. The zero-order valence-corrected chi connectivity index (χ0v) is 6.73. The van der Waals surface area contributed by atoms with Crippen molar-refractivity contribution in [2.45, 2.75) is 12.5 Å². The van der Waals surface area contributed by atoms with E-state index in [9.17, 15) is 26.3 Å². The van der Waals surface area contributed by atoms with E-state index >= 15 is 0 Å². The number of aromatic nitrogens is 2. The fraction of sp³-hybridized carbons (Fsp3) is 0.333. The van der Waals surface area contributed by atoms with Gasteiger partial charge in [0.05, 0.1) is 6.20 Å². The van der Waals surface area contributed by atoms with Gasteiger partial charge in [0, 0.05) is 0 Å². The quantitative estimate of drug-likeness (QED) is 0.697. The molecule has 0 aromatic carbocycles. The standard InChI is InChI=1S/C6H2F6N2O/c7-5(8,9)4-3(1-13-2-14-4)15-6(10,11)12/h1-2H. The summed E-state index contributed by atoms with van der Waals surface area (Å²) < 4.78 is 74.4. The molecule has 0 unspecified atom stereocenters. The second-order valence-electron chi connectivity index (χ2n) is 2.28. The van der Waals surface area contributed by atoms with Crippen LogP contribution in [0.15, 0.2) is 12.5 Å². The molecule has 1 aromatic heterocycles. The Hall–Kier alpha value is -1.54. The Morgan fingerprint density at radius 3 is 2.13 bits per heavy atom. The van der Waals surface area contributed by atoms with Crippen molar-refractivity contribution in [3.05, 3.63) is 18.2 Å². The van der Waals surface area contributed by atoms with Crippen LogP contribution < -0.4 is 4.74 Å². The van der Waals surface area contributed by atoms with Gasteiger partial charge in [-0.3, -0.25) is 0 Å². The van der Waals surface area contributed by atoms with E-state index in [1.807, 2.05) is 0 Å². The first-order valence-corrected chi connectivity index (χ1v) is 3.33. The van der Waals surface area contributed by atoms with Crippen molar-refractivity contribution in [2.24, 2.45) is 0 Å². The maximum Gasteiger partial charge on any atom is 0.573 e. The average Bonchev–Trinajstić information content (AvgIpc) is 1.99. The number of ether oxygens (including phenoxy) is 1. The van der Waals surface area contributed by atoms with Crippen LogP contribution in [0.25, 0.3) is 0 Å². The summed E-state index contributed by atoms with van der Waals surface area (Å²) in [6.07, 6.45) is -9.47. The highest BCUT2D eigenvalue weighted by molar-refractivity contribution is 5.26. The summed E-state index contributed by atoms with van der Waals surface area (Å²) in [6.45, 7) is 0. The van der Waals surface area contributed by atoms with Gasteiger partial charge in [-0.2, -0.15) is 13.2 Å². The predicted octanol–water partition coefficient (Wildman–Crippen LogP) is 2.39. The molecule has 1 heterocycles. The fourth-order valence-electron chi connectivity index (χ4n) is 0.729. The highest BCUT2D eigenvalue weighted by Crippen LogP contribution is 2.35. The number of hydrogen-bond donors (Lipinski definition) is 0.